The van der Waals surface area contributed by atoms with E-state index in [0.29, 0.717) is 0 Å². The molecule has 1 unspecified atom stereocenters. The predicted octanol–water partition coefficient (Wildman–Crippen LogP) is 5.51. The van der Waals surface area contributed by atoms with Gasteiger partial charge < -0.3 is 5.11 Å². The molecule has 3 rings (SSSR count). The van der Waals surface area contributed by atoms with E-state index in [4.69, 9.17) is 0 Å². The van der Waals surface area contributed by atoms with Crippen molar-refractivity contribution < 1.29 is 5.11 Å². The molecule has 0 saturated heterocycles. The minimum Gasteiger partial charge on any atom is -0.384 e. The van der Waals surface area contributed by atoms with Gasteiger partial charge in [-0.05, 0) is 66.4 Å². The summed E-state index contributed by atoms with van der Waals surface area (Å²) in [7, 11) is 0. The van der Waals surface area contributed by atoms with Crippen LogP contribution in [0.3, 0.4) is 0 Å². The lowest BCUT2D eigenvalue weighted by Gasteiger charge is -2.13. The molecule has 1 aromatic heterocycles. The highest BCUT2D eigenvalue weighted by Gasteiger charge is 2.15. The van der Waals surface area contributed by atoms with E-state index >= 15 is 0 Å². The van der Waals surface area contributed by atoms with Gasteiger partial charge in [0, 0.05) is 19.2 Å². The fourth-order valence-electron chi connectivity index (χ4n) is 2.09. The van der Waals surface area contributed by atoms with Gasteiger partial charge in [-0.25, -0.2) is 0 Å². The van der Waals surface area contributed by atoms with Crippen molar-refractivity contribution in [3.63, 3.8) is 0 Å². The average Bonchev–Trinajstić information content (AvgIpc) is 2.89. The number of fused-ring (bicyclic) bond motifs is 1. The Morgan fingerprint density at radius 3 is 2.63 bits per heavy atom. The van der Waals surface area contributed by atoms with Gasteiger partial charge in [0.05, 0.1) is 0 Å². The van der Waals surface area contributed by atoms with Crippen molar-refractivity contribution in [1.82, 2.24) is 0 Å². The molecule has 1 nitrogen and oxygen atoms in total. The van der Waals surface area contributed by atoms with E-state index < -0.39 is 6.10 Å². The van der Waals surface area contributed by atoms with Crippen molar-refractivity contribution in [2.45, 2.75) is 6.10 Å². The van der Waals surface area contributed by atoms with Crippen LogP contribution >= 0.6 is 43.2 Å². The van der Waals surface area contributed by atoms with Gasteiger partial charge in [0.15, 0.2) is 0 Å². The number of benzene rings is 2. The third kappa shape index (κ3) is 2.50. The molecule has 3 aromatic rings. The van der Waals surface area contributed by atoms with Crippen molar-refractivity contribution in [2.75, 3.05) is 0 Å². The van der Waals surface area contributed by atoms with E-state index in [1.807, 2.05) is 30.3 Å². The second-order valence-corrected chi connectivity index (χ2v) is 6.89. The van der Waals surface area contributed by atoms with Gasteiger partial charge in [-0.3, -0.25) is 0 Å². The predicted molar refractivity (Wildman–Crippen MR) is 87.7 cm³/mol. The van der Waals surface area contributed by atoms with E-state index in [2.05, 4.69) is 49.4 Å². The number of hydrogen-bond donors (Lipinski definition) is 1. The first kappa shape index (κ1) is 13.3. The second-order valence-electron chi connectivity index (χ2n) is 4.26. The smallest absolute Gasteiger partial charge is 0.105 e. The largest absolute Gasteiger partial charge is 0.384 e. The van der Waals surface area contributed by atoms with Gasteiger partial charge in [-0.2, -0.15) is 0 Å². The third-order valence-corrected chi connectivity index (χ3v) is 5.92. The summed E-state index contributed by atoms with van der Waals surface area (Å²) < 4.78 is 3.08. The summed E-state index contributed by atoms with van der Waals surface area (Å²) in [5, 5.41) is 13.8. The molecule has 19 heavy (non-hydrogen) atoms. The summed E-state index contributed by atoms with van der Waals surface area (Å²) >= 11 is 8.58. The molecular formula is C15H10Br2OS. The monoisotopic (exact) mass is 396 g/mol. The molecule has 0 aliphatic carbocycles. The summed E-state index contributed by atoms with van der Waals surface area (Å²) in [5.41, 5.74) is 1.85. The lowest BCUT2D eigenvalue weighted by molar-refractivity contribution is 0.222. The molecule has 96 valence electrons. The van der Waals surface area contributed by atoms with Crippen LogP contribution in [0.4, 0.5) is 0 Å². The first-order chi connectivity index (χ1) is 9.16. The average molecular weight is 398 g/mol. The number of thiophene rings is 1. The first-order valence-corrected chi connectivity index (χ1v) is 8.22. The minimum atomic E-state index is -0.605. The quantitative estimate of drug-likeness (QED) is 0.604. The van der Waals surface area contributed by atoms with Crippen LogP contribution in [-0.4, -0.2) is 5.11 Å². The molecule has 0 aliphatic rings. The number of hydrogen-bond acceptors (Lipinski definition) is 2. The van der Waals surface area contributed by atoms with Crippen LogP contribution in [0.5, 0.6) is 0 Å². The Bertz CT molecular complexity index is 736. The lowest BCUT2D eigenvalue weighted by atomic mass is 10.0. The molecule has 0 radical (unpaired) electrons. The SMILES string of the molecule is OC(c1ccc(Br)c(Br)c1)c1cccc2ccsc12. The van der Waals surface area contributed by atoms with Crippen LogP contribution < -0.4 is 0 Å². The standard InChI is InChI=1S/C15H10Br2OS/c16-12-5-4-10(8-13(12)17)14(18)11-3-1-2-9-6-7-19-15(9)11/h1-8,14,18H. The van der Waals surface area contributed by atoms with E-state index in [9.17, 15) is 5.11 Å². The normalized spacial score (nSPS) is 12.8. The highest BCUT2D eigenvalue weighted by atomic mass is 79.9. The molecular weight excluding hydrogens is 388 g/mol. The van der Waals surface area contributed by atoms with E-state index in [1.54, 1.807) is 11.3 Å². The van der Waals surface area contributed by atoms with Gasteiger partial charge in [0.25, 0.3) is 0 Å². The van der Waals surface area contributed by atoms with Gasteiger partial charge in [0.2, 0.25) is 0 Å². The van der Waals surface area contributed by atoms with Crippen molar-refractivity contribution in [1.29, 1.82) is 0 Å². The molecule has 0 fully saturated rings. The van der Waals surface area contributed by atoms with Crippen LogP contribution in [0.2, 0.25) is 0 Å². The maximum absolute atomic E-state index is 10.6. The summed E-state index contributed by atoms with van der Waals surface area (Å²) in [5.74, 6) is 0. The second kappa shape index (κ2) is 5.37. The topological polar surface area (TPSA) is 20.2 Å². The maximum Gasteiger partial charge on any atom is 0.105 e. The highest BCUT2D eigenvalue weighted by molar-refractivity contribution is 9.13. The summed E-state index contributed by atoms with van der Waals surface area (Å²) in [6.07, 6.45) is -0.605. The molecule has 1 N–H and O–H groups in total. The van der Waals surface area contributed by atoms with Crippen LogP contribution in [0.25, 0.3) is 10.1 Å². The van der Waals surface area contributed by atoms with E-state index in [0.717, 1.165) is 24.8 Å². The molecule has 2 aromatic carbocycles. The van der Waals surface area contributed by atoms with Crippen molar-refractivity contribution in [3.05, 3.63) is 67.9 Å². The maximum atomic E-state index is 10.6. The van der Waals surface area contributed by atoms with E-state index in [-0.39, 0.29) is 0 Å². The molecule has 0 spiro atoms. The number of rotatable bonds is 2. The van der Waals surface area contributed by atoms with Crippen LogP contribution in [0.1, 0.15) is 17.2 Å². The van der Waals surface area contributed by atoms with Crippen molar-refractivity contribution >= 4 is 53.3 Å². The Kier molecular flexibility index (Phi) is 3.76. The van der Waals surface area contributed by atoms with Crippen LogP contribution in [0.15, 0.2) is 56.8 Å². The fraction of sp³-hybridized carbons (Fsp3) is 0.0667. The Labute approximate surface area is 132 Å². The minimum absolute atomic E-state index is 0.605. The Morgan fingerprint density at radius 2 is 1.84 bits per heavy atom. The highest BCUT2D eigenvalue weighted by Crippen LogP contribution is 2.34. The zero-order valence-electron chi connectivity index (χ0n) is 9.81. The Hall–Kier alpha value is -0.680. The van der Waals surface area contributed by atoms with Gasteiger partial charge in [-0.1, -0.05) is 24.3 Å². The number of halogens is 2. The molecule has 1 heterocycles. The van der Waals surface area contributed by atoms with Crippen molar-refractivity contribution in [2.24, 2.45) is 0 Å². The summed E-state index contributed by atoms with van der Waals surface area (Å²) in [4.78, 5) is 0. The summed E-state index contributed by atoms with van der Waals surface area (Å²) in [6, 6.07) is 13.9. The molecule has 4 heteroatoms. The van der Waals surface area contributed by atoms with Gasteiger partial charge >= 0.3 is 0 Å². The fourth-order valence-corrected chi connectivity index (χ4v) is 3.68. The first-order valence-electron chi connectivity index (χ1n) is 5.76. The van der Waals surface area contributed by atoms with E-state index in [1.165, 1.54) is 5.39 Å². The van der Waals surface area contributed by atoms with Crippen LogP contribution in [-0.2, 0) is 0 Å². The third-order valence-electron chi connectivity index (χ3n) is 3.06. The molecule has 0 saturated carbocycles. The lowest BCUT2D eigenvalue weighted by Crippen LogP contribution is -1.99. The summed E-state index contributed by atoms with van der Waals surface area (Å²) in [6.45, 7) is 0. The molecule has 0 aliphatic heterocycles. The Morgan fingerprint density at radius 1 is 1.00 bits per heavy atom. The van der Waals surface area contributed by atoms with Crippen LogP contribution in [0, 0.1) is 0 Å². The zero-order valence-corrected chi connectivity index (χ0v) is 13.8. The van der Waals surface area contributed by atoms with Gasteiger partial charge in [-0.15, -0.1) is 11.3 Å². The number of aliphatic hydroxyl groups is 1. The number of aliphatic hydroxyl groups excluding tert-OH is 1. The zero-order chi connectivity index (χ0) is 13.4. The van der Waals surface area contributed by atoms with Gasteiger partial charge in [0.1, 0.15) is 6.10 Å². The van der Waals surface area contributed by atoms with Crippen molar-refractivity contribution in [3.8, 4) is 0 Å². The molecule has 0 amide bonds. The Balaban J connectivity index is 2.10. The molecule has 1 atom stereocenters. The molecule has 0 bridgehead atoms.